The fraction of sp³-hybridized carbons (Fsp3) is 0.674. The van der Waals surface area contributed by atoms with Gasteiger partial charge in [0.2, 0.25) is 0 Å². The number of nitrogens with zero attached hydrogens (tertiary/aromatic N) is 2. The zero-order valence-corrected chi connectivity index (χ0v) is 28.6. The van der Waals surface area contributed by atoms with Gasteiger partial charge in [-0.3, -0.25) is 0 Å². The quantitative estimate of drug-likeness (QED) is 0.315. The normalized spacial score (nSPS) is 31.9. The summed E-state index contributed by atoms with van der Waals surface area (Å²) in [6.45, 7) is 4.68. The molecule has 4 saturated carbocycles. The van der Waals surface area contributed by atoms with Crippen LogP contribution in [-0.2, 0) is 0 Å². The monoisotopic (exact) mass is 604 g/mol. The number of rotatable bonds is 7. The lowest BCUT2D eigenvalue weighted by molar-refractivity contribution is 0.156. The Morgan fingerprint density at radius 1 is 0.467 bits per heavy atom. The van der Waals surface area contributed by atoms with Crippen molar-refractivity contribution in [1.82, 2.24) is 0 Å². The van der Waals surface area contributed by atoms with Crippen molar-refractivity contribution >= 4 is 0 Å². The molecule has 0 saturated heterocycles. The number of hydrogen-bond donors (Lipinski definition) is 0. The van der Waals surface area contributed by atoms with Crippen molar-refractivity contribution in [2.75, 3.05) is 0 Å². The number of hydrogen-bond acceptors (Lipinski definition) is 2. The lowest BCUT2D eigenvalue weighted by atomic mass is 9.68. The van der Waals surface area contributed by atoms with Gasteiger partial charge >= 0.3 is 0 Å². The second-order valence-corrected chi connectivity index (χ2v) is 15.4. The van der Waals surface area contributed by atoms with Crippen molar-refractivity contribution in [2.45, 2.75) is 148 Å². The molecule has 4 fully saturated rings. The smallest absolute Gasteiger partial charge is 0.0991 e. The summed E-state index contributed by atoms with van der Waals surface area (Å²) in [5.41, 5.74) is 4.47. The van der Waals surface area contributed by atoms with Gasteiger partial charge in [-0.2, -0.15) is 10.5 Å². The van der Waals surface area contributed by atoms with Crippen LogP contribution in [0.4, 0.5) is 0 Å². The SMILES string of the molecule is CCC1CCC(C2CCC(c3ccc(C#N)cc3)CC2)CC1.CCCC1CCC(C2CCC(c3ccc(C#N)cc3)CC2)CC1. The highest BCUT2D eigenvalue weighted by atomic mass is 14.4. The van der Waals surface area contributed by atoms with Gasteiger partial charge in [0.05, 0.1) is 23.3 Å². The first-order valence-corrected chi connectivity index (χ1v) is 19.1. The van der Waals surface area contributed by atoms with Crippen molar-refractivity contribution in [3.8, 4) is 12.1 Å². The Hall–Kier alpha value is -2.58. The number of nitriles is 2. The van der Waals surface area contributed by atoms with Crippen LogP contribution in [-0.4, -0.2) is 0 Å². The van der Waals surface area contributed by atoms with Gasteiger partial charge in [0, 0.05) is 0 Å². The molecular weight excluding hydrogens is 544 g/mol. The van der Waals surface area contributed by atoms with Crippen LogP contribution < -0.4 is 0 Å². The highest BCUT2D eigenvalue weighted by molar-refractivity contribution is 5.34. The summed E-state index contributed by atoms with van der Waals surface area (Å²) >= 11 is 0. The summed E-state index contributed by atoms with van der Waals surface area (Å²) in [4.78, 5) is 0. The van der Waals surface area contributed by atoms with Crippen molar-refractivity contribution in [1.29, 1.82) is 10.5 Å². The van der Waals surface area contributed by atoms with E-state index in [1.54, 1.807) is 0 Å². The van der Waals surface area contributed by atoms with E-state index < -0.39 is 0 Å². The van der Waals surface area contributed by atoms with Gasteiger partial charge in [0.25, 0.3) is 0 Å². The molecule has 0 spiro atoms. The molecule has 2 aromatic carbocycles. The molecule has 4 aliphatic rings. The molecule has 4 aliphatic carbocycles. The van der Waals surface area contributed by atoms with Gasteiger partial charge in [0.15, 0.2) is 0 Å². The van der Waals surface area contributed by atoms with Crippen LogP contribution in [0, 0.1) is 58.2 Å². The molecule has 0 aromatic heterocycles. The molecule has 2 heteroatoms. The molecule has 0 radical (unpaired) electrons. The molecule has 242 valence electrons. The van der Waals surface area contributed by atoms with E-state index >= 15 is 0 Å². The third-order valence-electron chi connectivity index (χ3n) is 13.0. The molecule has 0 atom stereocenters. The minimum atomic E-state index is 0.732. The maximum Gasteiger partial charge on any atom is 0.0991 e. The first-order valence-electron chi connectivity index (χ1n) is 19.1. The van der Waals surface area contributed by atoms with Crippen LogP contribution >= 0.6 is 0 Å². The molecule has 0 aliphatic heterocycles. The van der Waals surface area contributed by atoms with E-state index in [0.29, 0.717) is 0 Å². The van der Waals surface area contributed by atoms with Crippen LogP contribution in [0.1, 0.15) is 170 Å². The van der Waals surface area contributed by atoms with Gasteiger partial charge in [-0.05, 0) is 160 Å². The van der Waals surface area contributed by atoms with Crippen molar-refractivity contribution < 1.29 is 0 Å². The van der Waals surface area contributed by atoms with E-state index in [-0.39, 0.29) is 0 Å². The topological polar surface area (TPSA) is 47.6 Å². The molecule has 0 heterocycles. The van der Waals surface area contributed by atoms with E-state index in [2.05, 4.69) is 50.3 Å². The second kappa shape index (κ2) is 17.4. The maximum atomic E-state index is 8.92. The van der Waals surface area contributed by atoms with Crippen LogP contribution in [0.25, 0.3) is 0 Å². The molecule has 2 nitrogen and oxygen atoms in total. The molecule has 6 rings (SSSR count). The van der Waals surface area contributed by atoms with Gasteiger partial charge in [-0.1, -0.05) is 83.1 Å². The predicted molar refractivity (Wildman–Crippen MR) is 188 cm³/mol. The minimum absolute atomic E-state index is 0.732. The molecule has 2 aromatic rings. The summed E-state index contributed by atoms with van der Waals surface area (Å²) in [6, 6.07) is 21.1. The maximum absolute atomic E-state index is 8.92. The lowest BCUT2D eigenvalue weighted by Gasteiger charge is -2.38. The minimum Gasteiger partial charge on any atom is -0.192 e. The highest BCUT2D eigenvalue weighted by Crippen LogP contribution is 2.45. The average molecular weight is 605 g/mol. The summed E-state index contributed by atoms with van der Waals surface area (Å²) in [5, 5.41) is 17.8. The van der Waals surface area contributed by atoms with Crippen LogP contribution in [0.5, 0.6) is 0 Å². The van der Waals surface area contributed by atoms with E-state index in [4.69, 9.17) is 10.5 Å². The van der Waals surface area contributed by atoms with Gasteiger partial charge in [-0.15, -0.1) is 0 Å². The Kier molecular flexibility index (Phi) is 13.0. The molecular formula is C43H60N2. The van der Waals surface area contributed by atoms with Gasteiger partial charge < -0.3 is 0 Å². The Morgan fingerprint density at radius 2 is 0.800 bits per heavy atom. The molecule has 0 unspecified atom stereocenters. The Morgan fingerprint density at radius 3 is 1.11 bits per heavy atom. The van der Waals surface area contributed by atoms with Crippen LogP contribution in [0.2, 0.25) is 0 Å². The third-order valence-corrected chi connectivity index (χ3v) is 13.0. The fourth-order valence-electron chi connectivity index (χ4n) is 9.93. The standard InChI is InChI=1S/C22H31N.C21H29N/c1-2-3-17-4-8-19(9-5-17)21-12-14-22(15-13-21)20-10-6-18(16-23)7-11-20;1-2-16-3-7-18(8-4-16)20-11-13-21(14-12-20)19-9-5-17(15-22)6-10-19/h6-7,10-11,17,19,21-22H,2-5,8-9,12-15H2,1H3;5-6,9-10,16,18,20-21H,2-4,7-8,11-14H2,1H3. The van der Waals surface area contributed by atoms with Crippen molar-refractivity contribution in [3.05, 3.63) is 70.8 Å². The number of benzene rings is 2. The largest absolute Gasteiger partial charge is 0.192 e. The zero-order valence-electron chi connectivity index (χ0n) is 28.6. The summed E-state index contributed by atoms with van der Waals surface area (Å²) in [6.07, 6.45) is 27.2. The summed E-state index contributed by atoms with van der Waals surface area (Å²) in [5.74, 6) is 7.54. The van der Waals surface area contributed by atoms with Crippen molar-refractivity contribution in [2.24, 2.45) is 35.5 Å². The first-order chi connectivity index (χ1) is 22.1. The zero-order chi connectivity index (χ0) is 31.4. The van der Waals surface area contributed by atoms with Gasteiger partial charge in [0.1, 0.15) is 0 Å². The van der Waals surface area contributed by atoms with Crippen LogP contribution in [0.3, 0.4) is 0 Å². The van der Waals surface area contributed by atoms with E-state index in [1.165, 1.54) is 133 Å². The molecule has 0 amide bonds. The van der Waals surface area contributed by atoms with Crippen molar-refractivity contribution in [3.63, 3.8) is 0 Å². The van der Waals surface area contributed by atoms with Crippen LogP contribution in [0.15, 0.2) is 48.5 Å². The Balaban J connectivity index is 0.000000178. The fourth-order valence-corrected chi connectivity index (χ4v) is 9.93. The Labute approximate surface area is 276 Å². The molecule has 45 heavy (non-hydrogen) atoms. The Bertz CT molecular complexity index is 1200. The second-order valence-electron chi connectivity index (χ2n) is 15.4. The predicted octanol–water partition coefficient (Wildman–Crippen LogP) is 12.5. The molecule has 0 N–H and O–H groups in total. The third kappa shape index (κ3) is 9.47. The molecule has 0 bridgehead atoms. The first kappa shape index (κ1) is 33.8. The van der Waals surface area contributed by atoms with E-state index in [9.17, 15) is 0 Å². The van der Waals surface area contributed by atoms with E-state index in [1.807, 2.05) is 24.3 Å². The lowest BCUT2D eigenvalue weighted by Crippen LogP contribution is -2.25. The average Bonchev–Trinajstić information content (AvgIpc) is 3.13. The van der Waals surface area contributed by atoms with Gasteiger partial charge in [-0.25, -0.2) is 0 Å². The summed E-state index contributed by atoms with van der Waals surface area (Å²) in [7, 11) is 0. The summed E-state index contributed by atoms with van der Waals surface area (Å²) < 4.78 is 0. The highest BCUT2D eigenvalue weighted by Gasteiger charge is 2.32. The van der Waals surface area contributed by atoms with E-state index in [0.717, 1.165) is 58.5 Å².